The minimum absolute atomic E-state index is 0.0215. The van der Waals surface area contributed by atoms with Crippen LogP contribution in [0.2, 0.25) is 0 Å². The van der Waals surface area contributed by atoms with Crippen LogP contribution in [0.4, 0.5) is 0 Å². The molecule has 0 saturated carbocycles. The van der Waals surface area contributed by atoms with E-state index in [4.69, 9.17) is 9.47 Å². The van der Waals surface area contributed by atoms with Crippen molar-refractivity contribution in [1.29, 1.82) is 0 Å². The third-order valence-corrected chi connectivity index (χ3v) is 5.33. The van der Waals surface area contributed by atoms with E-state index in [-0.39, 0.29) is 12.7 Å². The summed E-state index contributed by atoms with van der Waals surface area (Å²) < 4.78 is 10.8. The molecule has 1 aliphatic heterocycles. The van der Waals surface area contributed by atoms with Gasteiger partial charge in [0.2, 0.25) is 6.79 Å². The first-order chi connectivity index (χ1) is 12.6. The Balaban J connectivity index is 1.54. The summed E-state index contributed by atoms with van der Waals surface area (Å²) >= 11 is 1.48. The number of rotatable bonds is 4. The normalized spacial score (nSPS) is 12.2. The van der Waals surface area contributed by atoms with Gasteiger partial charge < -0.3 is 14.4 Å². The van der Waals surface area contributed by atoms with Crippen molar-refractivity contribution in [3.63, 3.8) is 0 Å². The van der Waals surface area contributed by atoms with E-state index in [1.54, 1.807) is 4.90 Å². The van der Waals surface area contributed by atoms with Crippen molar-refractivity contribution in [1.82, 2.24) is 4.90 Å². The highest BCUT2D eigenvalue weighted by molar-refractivity contribution is 7.12. The third kappa shape index (κ3) is 3.18. The number of aryl methyl sites for hydroxylation is 1. The molecule has 0 saturated heterocycles. The molecule has 0 radical (unpaired) electrons. The molecule has 0 unspecified atom stereocenters. The molecule has 0 aliphatic carbocycles. The first-order valence-corrected chi connectivity index (χ1v) is 9.28. The van der Waals surface area contributed by atoms with Crippen molar-refractivity contribution < 1.29 is 14.3 Å². The fourth-order valence-electron chi connectivity index (χ4n) is 2.99. The van der Waals surface area contributed by atoms with Gasteiger partial charge in [-0.15, -0.1) is 11.3 Å². The molecule has 2 heterocycles. The van der Waals surface area contributed by atoms with Crippen molar-refractivity contribution >= 4 is 17.2 Å². The van der Waals surface area contributed by atoms with Gasteiger partial charge in [0.1, 0.15) is 0 Å². The number of fused-ring (bicyclic) bond motifs is 1. The summed E-state index contributed by atoms with van der Waals surface area (Å²) in [5.74, 6) is 1.51. The Morgan fingerprint density at radius 1 is 1.08 bits per heavy atom. The number of hydrogen-bond acceptors (Lipinski definition) is 4. The maximum absolute atomic E-state index is 13.0. The highest BCUT2D eigenvalue weighted by Crippen LogP contribution is 2.33. The molecule has 4 rings (SSSR count). The van der Waals surface area contributed by atoms with Crippen LogP contribution in [-0.2, 0) is 6.54 Å². The summed E-state index contributed by atoms with van der Waals surface area (Å²) in [5.41, 5.74) is 4.27. The molecule has 0 bridgehead atoms. The van der Waals surface area contributed by atoms with E-state index in [1.165, 1.54) is 16.9 Å². The lowest BCUT2D eigenvalue weighted by Crippen LogP contribution is -2.25. The van der Waals surface area contributed by atoms with Gasteiger partial charge in [-0.3, -0.25) is 4.79 Å². The van der Waals surface area contributed by atoms with Crippen molar-refractivity contribution in [3.05, 3.63) is 69.9 Å². The van der Waals surface area contributed by atoms with Gasteiger partial charge in [0.25, 0.3) is 5.91 Å². The molecule has 0 N–H and O–H groups in total. The van der Waals surface area contributed by atoms with Gasteiger partial charge in [0.15, 0.2) is 11.5 Å². The van der Waals surface area contributed by atoms with E-state index < -0.39 is 0 Å². The van der Waals surface area contributed by atoms with Crippen LogP contribution in [-0.4, -0.2) is 24.6 Å². The molecule has 4 nitrogen and oxygen atoms in total. The largest absolute Gasteiger partial charge is 0.454 e. The highest BCUT2D eigenvalue weighted by atomic mass is 32.1. The molecular weight excluding hydrogens is 346 g/mol. The van der Waals surface area contributed by atoms with Gasteiger partial charge in [-0.25, -0.2) is 0 Å². The Labute approximate surface area is 156 Å². The topological polar surface area (TPSA) is 38.8 Å². The van der Waals surface area contributed by atoms with Crippen LogP contribution >= 0.6 is 11.3 Å². The number of carbonyl (C=O) groups is 1. The summed E-state index contributed by atoms with van der Waals surface area (Å²) in [6.07, 6.45) is 0. The van der Waals surface area contributed by atoms with Crippen molar-refractivity contribution in [2.24, 2.45) is 0 Å². The van der Waals surface area contributed by atoms with Gasteiger partial charge >= 0.3 is 0 Å². The number of carbonyl (C=O) groups excluding carboxylic acids is 1. The molecule has 1 aliphatic rings. The van der Waals surface area contributed by atoms with Crippen molar-refractivity contribution in [2.45, 2.75) is 13.5 Å². The predicted octanol–water partition coefficient (Wildman–Crippen LogP) is 4.72. The number of thiophene rings is 1. The summed E-state index contributed by atoms with van der Waals surface area (Å²) in [6.45, 7) is 2.83. The standard InChI is InChI=1S/C21H19NO3S/c1-14-3-6-16(7-4-14)17-9-10-26-20(17)21(23)22(2)12-15-5-8-18-19(11-15)25-13-24-18/h3-11H,12-13H2,1-2H3. The Kier molecular flexibility index (Phi) is 4.39. The second kappa shape index (κ2) is 6.84. The average Bonchev–Trinajstić information content (AvgIpc) is 3.30. The van der Waals surface area contributed by atoms with Gasteiger partial charge in [0.05, 0.1) is 4.88 Å². The van der Waals surface area contributed by atoms with Crippen LogP contribution < -0.4 is 9.47 Å². The SMILES string of the molecule is Cc1ccc(-c2ccsc2C(=O)N(C)Cc2ccc3c(c2)OCO3)cc1. The van der Waals surface area contributed by atoms with Crippen LogP contribution in [0.3, 0.4) is 0 Å². The highest BCUT2D eigenvalue weighted by Gasteiger charge is 2.20. The molecule has 1 amide bonds. The Morgan fingerprint density at radius 3 is 2.65 bits per heavy atom. The molecule has 26 heavy (non-hydrogen) atoms. The van der Waals surface area contributed by atoms with Crippen LogP contribution in [0, 0.1) is 6.92 Å². The fraction of sp³-hybridized carbons (Fsp3) is 0.190. The quantitative estimate of drug-likeness (QED) is 0.671. The number of benzene rings is 2. The molecule has 3 aromatic rings. The van der Waals surface area contributed by atoms with E-state index in [0.717, 1.165) is 33.1 Å². The lowest BCUT2D eigenvalue weighted by molar-refractivity contribution is 0.0790. The van der Waals surface area contributed by atoms with Crippen molar-refractivity contribution in [2.75, 3.05) is 13.8 Å². The van der Waals surface area contributed by atoms with E-state index in [0.29, 0.717) is 6.54 Å². The van der Waals surface area contributed by atoms with Crippen LogP contribution in [0.25, 0.3) is 11.1 Å². The maximum atomic E-state index is 13.0. The second-order valence-corrected chi connectivity index (χ2v) is 7.29. The van der Waals surface area contributed by atoms with E-state index in [9.17, 15) is 4.79 Å². The van der Waals surface area contributed by atoms with Gasteiger partial charge in [-0.2, -0.15) is 0 Å². The summed E-state index contributed by atoms with van der Waals surface area (Å²) in [6, 6.07) is 16.1. The monoisotopic (exact) mass is 365 g/mol. The number of ether oxygens (including phenoxy) is 2. The lowest BCUT2D eigenvalue weighted by atomic mass is 10.0. The van der Waals surface area contributed by atoms with Crippen molar-refractivity contribution in [3.8, 4) is 22.6 Å². The number of hydrogen-bond donors (Lipinski definition) is 0. The fourth-order valence-corrected chi connectivity index (χ4v) is 3.90. The predicted molar refractivity (Wildman–Crippen MR) is 103 cm³/mol. The Hall–Kier alpha value is -2.79. The average molecular weight is 365 g/mol. The Bertz CT molecular complexity index is 946. The molecule has 132 valence electrons. The molecule has 5 heteroatoms. The minimum Gasteiger partial charge on any atom is -0.454 e. The van der Waals surface area contributed by atoms with E-state index in [1.807, 2.05) is 36.7 Å². The molecule has 2 aromatic carbocycles. The summed E-state index contributed by atoms with van der Waals surface area (Å²) in [4.78, 5) is 15.5. The smallest absolute Gasteiger partial charge is 0.264 e. The third-order valence-electron chi connectivity index (χ3n) is 4.43. The van der Waals surface area contributed by atoms with Gasteiger partial charge in [-0.1, -0.05) is 35.9 Å². The molecule has 1 aromatic heterocycles. The first kappa shape index (κ1) is 16.7. The first-order valence-electron chi connectivity index (χ1n) is 8.40. The summed E-state index contributed by atoms with van der Waals surface area (Å²) in [7, 11) is 1.82. The molecule has 0 fully saturated rings. The van der Waals surface area contributed by atoms with Crippen LogP contribution in [0.15, 0.2) is 53.9 Å². The zero-order valence-corrected chi connectivity index (χ0v) is 15.5. The second-order valence-electron chi connectivity index (χ2n) is 6.38. The summed E-state index contributed by atoms with van der Waals surface area (Å²) in [5, 5.41) is 1.97. The number of amides is 1. The molecule has 0 spiro atoms. The van der Waals surface area contributed by atoms with Gasteiger partial charge in [0, 0.05) is 19.2 Å². The Morgan fingerprint density at radius 2 is 1.85 bits per heavy atom. The maximum Gasteiger partial charge on any atom is 0.264 e. The molecule has 0 atom stereocenters. The van der Waals surface area contributed by atoms with Crippen LogP contribution in [0.5, 0.6) is 11.5 Å². The zero-order chi connectivity index (χ0) is 18.1. The molecular formula is C21H19NO3S. The van der Waals surface area contributed by atoms with Gasteiger partial charge in [-0.05, 0) is 41.6 Å². The zero-order valence-electron chi connectivity index (χ0n) is 14.7. The van der Waals surface area contributed by atoms with E-state index in [2.05, 4.69) is 31.2 Å². The van der Waals surface area contributed by atoms with Crippen LogP contribution in [0.1, 0.15) is 20.8 Å². The minimum atomic E-state index is 0.0215. The van der Waals surface area contributed by atoms with E-state index >= 15 is 0 Å². The lowest BCUT2D eigenvalue weighted by Gasteiger charge is -2.18. The number of nitrogens with zero attached hydrogens (tertiary/aromatic N) is 1.